The van der Waals surface area contributed by atoms with Crippen molar-refractivity contribution < 1.29 is 19.3 Å². The van der Waals surface area contributed by atoms with Gasteiger partial charge in [-0.3, -0.25) is 14.3 Å². The Balaban J connectivity index is 1.66. The second-order valence-electron chi connectivity index (χ2n) is 9.07. The molecule has 0 aliphatic carbocycles. The predicted molar refractivity (Wildman–Crippen MR) is 135 cm³/mol. The highest BCUT2D eigenvalue weighted by molar-refractivity contribution is 5.15. The van der Waals surface area contributed by atoms with Crippen LogP contribution in [0.25, 0.3) is 0 Å². The van der Waals surface area contributed by atoms with Gasteiger partial charge in [0.1, 0.15) is 17.8 Å². The van der Waals surface area contributed by atoms with Crippen molar-refractivity contribution in [2.75, 3.05) is 6.61 Å². The molecule has 2 N–H and O–H groups in total. The molecule has 0 radical (unpaired) electrons. The van der Waals surface area contributed by atoms with E-state index in [-0.39, 0.29) is 13.2 Å². The molecule has 1 unspecified atom stereocenters. The van der Waals surface area contributed by atoms with Crippen LogP contribution in [0.3, 0.4) is 0 Å². The lowest BCUT2D eigenvalue weighted by atomic mass is 9.90. The number of aliphatic hydroxyl groups excluding tert-OH is 1. The molecule has 8 nitrogen and oxygen atoms in total. The first-order chi connectivity index (χ1) is 17.4. The van der Waals surface area contributed by atoms with Gasteiger partial charge in [-0.2, -0.15) is 0 Å². The van der Waals surface area contributed by atoms with E-state index in [1.54, 1.807) is 13.0 Å². The SMILES string of the molecule is C=CCC[C@]1(COCc2ccccc2)O[C@@H](n2cc(C)c(=O)[nH]c2=O)C(O)[C@H]1OCc1ccccc1. The molecule has 2 heterocycles. The van der Waals surface area contributed by atoms with Gasteiger partial charge in [0, 0.05) is 11.8 Å². The Labute approximate surface area is 209 Å². The Hall–Kier alpha value is -3.30. The van der Waals surface area contributed by atoms with Gasteiger partial charge in [0.15, 0.2) is 6.23 Å². The number of aryl methyl sites for hydroxylation is 1. The molecule has 1 aromatic heterocycles. The normalized spacial score (nSPS) is 23.6. The maximum atomic E-state index is 12.7. The topological polar surface area (TPSA) is 103 Å². The van der Waals surface area contributed by atoms with Crippen molar-refractivity contribution in [1.82, 2.24) is 9.55 Å². The van der Waals surface area contributed by atoms with Gasteiger partial charge < -0.3 is 19.3 Å². The molecule has 1 aliphatic rings. The van der Waals surface area contributed by atoms with Gasteiger partial charge in [0.25, 0.3) is 5.56 Å². The van der Waals surface area contributed by atoms with Crippen LogP contribution in [0.1, 0.15) is 35.8 Å². The maximum absolute atomic E-state index is 12.7. The van der Waals surface area contributed by atoms with Crippen molar-refractivity contribution in [3.63, 3.8) is 0 Å². The molecule has 1 saturated heterocycles. The van der Waals surface area contributed by atoms with Gasteiger partial charge in [0.2, 0.25) is 0 Å². The minimum atomic E-state index is -1.19. The number of allylic oxidation sites excluding steroid dienone is 1. The van der Waals surface area contributed by atoms with Crippen LogP contribution in [0.4, 0.5) is 0 Å². The molecule has 0 saturated carbocycles. The molecular weight excluding hydrogens is 460 g/mol. The molecule has 36 heavy (non-hydrogen) atoms. The largest absolute Gasteiger partial charge is 0.386 e. The monoisotopic (exact) mass is 492 g/mol. The molecule has 2 aromatic carbocycles. The number of aromatic amines is 1. The maximum Gasteiger partial charge on any atom is 0.330 e. The van der Waals surface area contributed by atoms with Gasteiger partial charge in [0.05, 0.1) is 19.8 Å². The van der Waals surface area contributed by atoms with E-state index in [0.29, 0.717) is 25.0 Å². The van der Waals surface area contributed by atoms with Crippen LogP contribution in [0.2, 0.25) is 0 Å². The van der Waals surface area contributed by atoms with E-state index < -0.39 is 35.3 Å². The molecule has 1 fully saturated rings. The zero-order valence-corrected chi connectivity index (χ0v) is 20.3. The molecule has 190 valence electrons. The first-order valence-electron chi connectivity index (χ1n) is 12.0. The van der Waals surface area contributed by atoms with Crippen LogP contribution in [0.5, 0.6) is 0 Å². The average Bonchev–Trinajstić information content (AvgIpc) is 3.16. The third-order valence-electron chi connectivity index (χ3n) is 6.40. The number of nitrogens with one attached hydrogen (secondary N) is 1. The summed E-state index contributed by atoms with van der Waals surface area (Å²) in [5.74, 6) is 0. The minimum absolute atomic E-state index is 0.125. The number of hydrogen-bond donors (Lipinski definition) is 2. The van der Waals surface area contributed by atoms with Gasteiger partial charge in [-0.1, -0.05) is 66.7 Å². The van der Waals surface area contributed by atoms with E-state index in [9.17, 15) is 14.7 Å². The summed E-state index contributed by atoms with van der Waals surface area (Å²) < 4.78 is 20.1. The molecule has 8 heteroatoms. The molecule has 0 spiro atoms. The summed E-state index contributed by atoms with van der Waals surface area (Å²) in [6, 6.07) is 19.4. The molecular formula is C28H32N2O6. The van der Waals surface area contributed by atoms with Crippen molar-refractivity contribution in [2.24, 2.45) is 0 Å². The molecule has 4 atom stereocenters. The Bertz CT molecular complexity index is 1260. The van der Waals surface area contributed by atoms with Crippen molar-refractivity contribution >= 4 is 0 Å². The highest BCUT2D eigenvalue weighted by atomic mass is 16.6. The second kappa shape index (κ2) is 11.6. The van der Waals surface area contributed by atoms with Gasteiger partial charge in [-0.05, 0) is 30.9 Å². The van der Waals surface area contributed by atoms with E-state index in [2.05, 4.69) is 11.6 Å². The molecule has 3 aromatic rings. The molecule has 0 amide bonds. The fraction of sp³-hybridized carbons (Fsp3) is 0.357. The molecule has 4 rings (SSSR count). The predicted octanol–water partition coefficient (Wildman–Crippen LogP) is 3.24. The highest BCUT2D eigenvalue weighted by Crippen LogP contribution is 2.42. The van der Waals surface area contributed by atoms with Gasteiger partial charge >= 0.3 is 5.69 Å². The fourth-order valence-corrected chi connectivity index (χ4v) is 4.50. The van der Waals surface area contributed by atoms with Crippen LogP contribution in [0, 0.1) is 6.92 Å². The van der Waals surface area contributed by atoms with Crippen LogP contribution in [-0.4, -0.2) is 39.1 Å². The molecule has 1 aliphatic heterocycles. The second-order valence-corrected chi connectivity index (χ2v) is 9.07. The first kappa shape index (κ1) is 25.8. The smallest absolute Gasteiger partial charge is 0.330 e. The van der Waals surface area contributed by atoms with E-state index in [0.717, 1.165) is 11.1 Å². The number of nitrogens with zero attached hydrogens (tertiary/aromatic N) is 1. The van der Waals surface area contributed by atoms with E-state index in [1.807, 2.05) is 60.7 Å². The minimum Gasteiger partial charge on any atom is -0.386 e. The van der Waals surface area contributed by atoms with Crippen LogP contribution < -0.4 is 11.2 Å². The van der Waals surface area contributed by atoms with Crippen LogP contribution in [0.15, 0.2) is 89.1 Å². The third kappa shape index (κ3) is 5.74. The number of hydrogen-bond acceptors (Lipinski definition) is 6. The highest BCUT2D eigenvalue weighted by Gasteiger charge is 2.56. The van der Waals surface area contributed by atoms with E-state index >= 15 is 0 Å². The number of aromatic nitrogens is 2. The summed E-state index contributed by atoms with van der Waals surface area (Å²) in [7, 11) is 0. The van der Waals surface area contributed by atoms with Crippen LogP contribution >= 0.6 is 0 Å². The Morgan fingerprint density at radius 3 is 2.36 bits per heavy atom. The van der Waals surface area contributed by atoms with Crippen LogP contribution in [-0.2, 0) is 27.4 Å². The standard InChI is InChI=1S/C28H32N2O6/c1-3-4-15-28(19-34-17-21-11-7-5-8-12-21)24(35-18-22-13-9-6-10-14-22)23(31)26(36-28)30-16-20(2)25(32)29-27(30)33/h3,5-14,16,23-24,26,31H,1,4,15,17-19H2,2H3,(H,29,32,33)/t23?,24-,26-,28-/m1/s1. The average molecular weight is 493 g/mol. The number of aliphatic hydroxyl groups is 1. The number of benzene rings is 2. The van der Waals surface area contributed by atoms with Gasteiger partial charge in [-0.15, -0.1) is 6.58 Å². The number of H-pyrrole nitrogens is 1. The lowest BCUT2D eigenvalue weighted by molar-refractivity contribution is -0.160. The van der Waals surface area contributed by atoms with E-state index in [4.69, 9.17) is 14.2 Å². The quantitative estimate of drug-likeness (QED) is 0.399. The van der Waals surface area contributed by atoms with Crippen molar-refractivity contribution in [3.8, 4) is 0 Å². The lowest BCUT2D eigenvalue weighted by Gasteiger charge is -2.34. The first-order valence-corrected chi connectivity index (χ1v) is 12.0. The lowest BCUT2D eigenvalue weighted by Crippen LogP contribution is -2.48. The van der Waals surface area contributed by atoms with Crippen molar-refractivity contribution in [3.05, 3.63) is 117 Å². The number of rotatable bonds is 11. The Morgan fingerprint density at radius 1 is 1.08 bits per heavy atom. The molecule has 0 bridgehead atoms. The third-order valence-corrected chi connectivity index (χ3v) is 6.40. The zero-order valence-electron chi connectivity index (χ0n) is 20.3. The summed E-state index contributed by atoms with van der Waals surface area (Å²) in [5, 5.41) is 11.4. The summed E-state index contributed by atoms with van der Waals surface area (Å²) in [4.78, 5) is 26.9. The summed E-state index contributed by atoms with van der Waals surface area (Å²) in [5.41, 5.74) is 0.0569. The summed E-state index contributed by atoms with van der Waals surface area (Å²) in [6.07, 6.45) is 1.14. The number of ether oxygens (including phenoxy) is 3. The fourth-order valence-electron chi connectivity index (χ4n) is 4.50. The van der Waals surface area contributed by atoms with E-state index in [1.165, 1.54) is 10.8 Å². The zero-order chi connectivity index (χ0) is 25.5. The van der Waals surface area contributed by atoms with Crippen molar-refractivity contribution in [1.29, 1.82) is 0 Å². The summed E-state index contributed by atoms with van der Waals surface area (Å²) >= 11 is 0. The van der Waals surface area contributed by atoms with Gasteiger partial charge in [-0.25, -0.2) is 4.79 Å². The Kier molecular flexibility index (Phi) is 8.32. The Morgan fingerprint density at radius 2 is 1.72 bits per heavy atom. The van der Waals surface area contributed by atoms with Crippen molar-refractivity contribution in [2.45, 2.75) is 57.0 Å². The summed E-state index contributed by atoms with van der Waals surface area (Å²) in [6.45, 7) is 6.15.